The molecule has 0 bridgehead atoms. The number of benzene rings is 1. The first kappa shape index (κ1) is 14.5. The Balaban J connectivity index is 2.45. The molecule has 0 aliphatic carbocycles. The van der Waals surface area contributed by atoms with E-state index >= 15 is 0 Å². The molecule has 0 aliphatic rings. The Morgan fingerprint density at radius 3 is 2.65 bits per heavy atom. The number of hydrogen-bond acceptors (Lipinski definition) is 3. The molecule has 1 rings (SSSR count). The molecule has 0 radical (unpaired) electrons. The van der Waals surface area contributed by atoms with Crippen molar-refractivity contribution in [2.75, 3.05) is 12.0 Å². The molecular formula is C12H16BrNO2S. The van der Waals surface area contributed by atoms with Crippen molar-refractivity contribution in [2.45, 2.75) is 19.0 Å². The first-order chi connectivity index (χ1) is 8.13. The van der Waals surface area contributed by atoms with E-state index < -0.39 is 12.0 Å². The number of aliphatic carboxylic acids is 1. The van der Waals surface area contributed by atoms with Gasteiger partial charge in [0.15, 0.2) is 0 Å². The Hall–Kier alpha value is -0.520. The standard InChI is InChI=1S/C12H16BrNO2S/c1-17-7-6-11(12(15)16)14-8-9-2-4-10(13)5-3-9/h2-5,11,14H,6-8H2,1H3,(H,15,16). The summed E-state index contributed by atoms with van der Waals surface area (Å²) in [7, 11) is 0. The van der Waals surface area contributed by atoms with Gasteiger partial charge in [-0.25, -0.2) is 0 Å². The SMILES string of the molecule is CSCCC(NCc1ccc(Br)cc1)C(=O)O. The van der Waals surface area contributed by atoms with Crippen LogP contribution in [0.4, 0.5) is 0 Å². The van der Waals surface area contributed by atoms with Crippen LogP contribution in [0.15, 0.2) is 28.7 Å². The molecule has 17 heavy (non-hydrogen) atoms. The van der Waals surface area contributed by atoms with Crippen LogP contribution < -0.4 is 5.32 Å². The van der Waals surface area contributed by atoms with Crippen LogP contribution in [0.1, 0.15) is 12.0 Å². The van der Waals surface area contributed by atoms with E-state index in [0.717, 1.165) is 15.8 Å². The summed E-state index contributed by atoms with van der Waals surface area (Å²) in [5.74, 6) is 0.0702. The highest BCUT2D eigenvalue weighted by atomic mass is 79.9. The van der Waals surface area contributed by atoms with E-state index in [9.17, 15) is 4.79 Å². The third-order valence-corrected chi connectivity index (χ3v) is 3.55. The van der Waals surface area contributed by atoms with Crippen LogP contribution in [0, 0.1) is 0 Å². The van der Waals surface area contributed by atoms with Gasteiger partial charge in [0.2, 0.25) is 0 Å². The average molecular weight is 318 g/mol. The van der Waals surface area contributed by atoms with Crippen molar-refractivity contribution >= 4 is 33.7 Å². The third-order valence-electron chi connectivity index (χ3n) is 2.37. The summed E-state index contributed by atoms with van der Waals surface area (Å²) in [6, 6.07) is 7.39. The van der Waals surface area contributed by atoms with E-state index in [4.69, 9.17) is 5.11 Å². The summed E-state index contributed by atoms with van der Waals surface area (Å²) in [6.45, 7) is 0.582. The van der Waals surface area contributed by atoms with Crippen LogP contribution in [-0.2, 0) is 11.3 Å². The zero-order valence-electron chi connectivity index (χ0n) is 9.65. The molecule has 5 heteroatoms. The highest BCUT2D eigenvalue weighted by Crippen LogP contribution is 2.10. The molecule has 0 spiro atoms. The van der Waals surface area contributed by atoms with Crippen LogP contribution >= 0.6 is 27.7 Å². The van der Waals surface area contributed by atoms with Gasteiger partial charge in [-0.05, 0) is 36.1 Å². The summed E-state index contributed by atoms with van der Waals surface area (Å²) in [5.41, 5.74) is 1.09. The van der Waals surface area contributed by atoms with Gasteiger partial charge in [0.05, 0.1) is 0 Å². The van der Waals surface area contributed by atoms with Crippen molar-refractivity contribution in [3.8, 4) is 0 Å². The number of thioether (sulfide) groups is 1. The van der Waals surface area contributed by atoms with Gasteiger partial charge in [-0.1, -0.05) is 28.1 Å². The lowest BCUT2D eigenvalue weighted by atomic mass is 10.2. The molecule has 2 N–H and O–H groups in total. The van der Waals surface area contributed by atoms with E-state index in [1.165, 1.54) is 0 Å². The lowest BCUT2D eigenvalue weighted by Gasteiger charge is -2.13. The first-order valence-corrected chi connectivity index (χ1v) is 7.51. The summed E-state index contributed by atoms with van der Waals surface area (Å²) in [6.07, 6.45) is 2.63. The van der Waals surface area contributed by atoms with Crippen molar-refractivity contribution in [3.05, 3.63) is 34.3 Å². The fraction of sp³-hybridized carbons (Fsp3) is 0.417. The summed E-state index contributed by atoms with van der Waals surface area (Å²) in [4.78, 5) is 11.0. The minimum atomic E-state index is -0.781. The van der Waals surface area contributed by atoms with Gasteiger partial charge in [0.25, 0.3) is 0 Å². The number of carboxylic acids is 1. The van der Waals surface area contributed by atoms with Crippen LogP contribution in [0.2, 0.25) is 0 Å². The monoisotopic (exact) mass is 317 g/mol. The fourth-order valence-corrected chi connectivity index (χ4v) is 2.13. The lowest BCUT2D eigenvalue weighted by molar-refractivity contribution is -0.139. The highest BCUT2D eigenvalue weighted by Gasteiger charge is 2.15. The minimum absolute atomic E-state index is 0.467. The molecule has 1 aromatic rings. The maximum Gasteiger partial charge on any atom is 0.320 e. The van der Waals surface area contributed by atoms with E-state index in [1.54, 1.807) is 11.8 Å². The molecule has 0 saturated heterocycles. The molecule has 0 fully saturated rings. The summed E-state index contributed by atoms with van der Waals surface area (Å²) >= 11 is 5.03. The maximum atomic E-state index is 11.0. The Labute approximate surface area is 114 Å². The molecule has 0 heterocycles. The molecule has 1 unspecified atom stereocenters. The van der Waals surface area contributed by atoms with Gasteiger partial charge in [0, 0.05) is 11.0 Å². The zero-order chi connectivity index (χ0) is 12.7. The van der Waals surface area contributed by atoms with Crippen LogP contribution in [0.5, 0.6) is 0 Å². The molecule has 3 nitrogen and oxygen atoms in total. The topological polar surface area (TPSA) is 49.3 Å². The van der Waals surface area contributed by atoms with Crippen molar-refractivity contribution in [1.82, 2.24) is 5.32 Å². The number of halogens is 1. The zero-order valence-corrected chi connectivity index (χ0v) is 12.1. The second-order valence-electron chi connectivity index (χ2n) is 3.68. The van der Waals surface area contributed by atoms with Gasteiger partial charge < -0.3 is 10.4 Å². The molecule has 0 saturated carbocycles. The van der Waals surface area contributed by atoms with Gasteiger partial charge in [-0.2, -0.15) is 11.8 Å². The lowest BCUT2D eigenvalue weighted by Crippen LogP contribution is -2.36. The quantitative estimate of drug-likeness (QED) is 0.812. The maximum absolute atomic E-state index is 11.0. The molecular weight excluding hydrogens is 302 g/mol. The molecule has 0 amide bonds. The second kappa shape index (κ2) is 7.74. The molecule has 0 aliphatic heterocycles. The fourth-order valence-electron chi connectivity index (χ4n) is 1.39. The van der Waals surface area contributed by atoms with E-state index in [2.05, 4.69) is 21.2 Å². The molecule has 94 valence electrons. The minimum Gasteiger partial charge on any atom is -0.480 e. The number of rotatable bonds is 7. The highest BCUT2D eigenvalue weighted by molar-refractivity contribution is 9.10. The smallest absolute Gasteiger partial charge is 0.320 e. The number of nitrogens with one attached hydrogen (secondary N) is 1. The third kappa shape index (κ3) is 5.57. The predicted octanol–water partition coefficient (Wildman–Crippen LogP) is 2.75. The van der Waals surface area contributed by atoms with Crippen molar-refractivity contribution in [2.24, 2.45) is 0 Å². The Kier molecular flexibility index (Phi) is 6.62. The van der Waals surface area contributed by atoms with Gasteiger partial charge >= 0.3 is 5.97 Å². The van der Waals surface area contributed by atoms with Crippen molar-refractivity contribution in [3.63, 3.8) is 0 Å². The Morgan fingerprint density at radius 1 is 1.47 bits per heavy atom. The second-order valence-corrected chi connectivity index (χ2v) is 5.58. The van der Waals surface area contributed by atoms with Crippen LogP contribution in [-0.4, -0.2) is 29.1 Å². The van der Waals surface area contributed by atoms with E-state index in [1.807, 2.05) is 30.5 Å². The Bertz CT molecular complexity index is 356. The summed E-state index contributed by atoms with van der Waals surface area (Å²) in [5, 5.41) is 12.1. The van der Waals surface area contributed by atoms with Gasteiger partial charge in [-0.15, -0.1) is 0 Å². The van der Waals surface area contributed by atoms with Crippen LogP contribution in [0.25, 0.3) is 0 Å². The molecule has 1 atom stereocenters. The number of hydrogen-bond donors (Lipinski definition) is 2. The van der Waals surface area contributed by atoms with Crippen LogP contribution in [0.3, 0.4) is 0 Å². The van der Waals surface area contributed by atoms with Gasteiger partial charge in [-0.3, -0.25) is 4.79 Å². The average Bonchev–Trinajstić information content (AvgIpc) is 2.31. The van der Waals surface area contributed by atoms with Crippen molar-refractivity contribution in [1.29, 1.82) is 0 Å². The van der Waals surface area contributed by atoms with E-state index in [0.29, 0.717) is 13.0 Å². The normalized spacial score (nSPS) is 12.4. The Morgan fingerprint density at radius 2 is 2.12 bits per heavy atom. The van der Waals surface area contributed by atoms with E-state index in [-0.39, 0.29) is 0 Å². The molecule has 0 aromatic heterocycles. The van der Waals surface area contributed by atoms with Gasteiger partial charge in [0.1, 0.15) is 6.04 Å². The van der Waals surface area contributed by atoms with Crippen molar-refractivity contribution < 1.29 is 9.90 Å². The number of carbonyl (C=O) groups is 1. The molecule has 1 aromatic carbocycles. The summed E-state index contributed by atoms with van der Waals surface area (Å²) < 4.78 is 1.03. The largest absolute Gasteiger partial charge is 0.480 e. The first-order valence-electron chi connectivity index (χ1n) is 5.33. The number of carboxylic acid groups (broad SMARTS) is 1. The predicted molar refractivity (Wildman–Crippen MR) is 75.4 cm³/mol.